The van der Waals surface area contributed by atoms with Crippen LogP contribution in [0.25, 0.3) is 0 Å². The van der Waals surface area contributed by atoms with Crippen LogP contribution in [0.4, 0.5) is 0 Å². The van der Waals surface area contributed by atoms with E-state index in [2.05, 4.69) is 22.8 Å². The van der Waals surface area contributed by atoms with E-state index in [9.17, 15) is 4.79 Å². The molecule has 2 aliphatic carbocycles. The first kappa shape index (κ1) is 11.3. The molecule has 17 heavy (non-hydrogen) atoms. The Morgan fingerprint density at radius 3 is 2.59 bits per heavy atom. The number of thiophene rings is 1. The molecule has 2 fully saturated rings. The van der Waals surface area contributed by atoms with E-state index in [1.165, 1.54) is 24.1 Å². The Bertz CT molecular complexity index is 388. The lowest BCUT2D eigenvalue weighted by Crippen LogP contribution is -2.47. The molecule has 2 nitrogen and oxygen atoms in total. The van der Waals surface area contributed by atoms with E-state index in [1.54, 1.807) is 11.3 Å². The van der Waals surface area contributed by atoms with Gasteiger partial charge in [0.15, 0.2) is 0 Å². The number of nitrogens with one attached hydrogen (secondary N) is 1. The molecule has 3 rings (SSSR count). The largest absolute Gasteiger partial charge is 0.346 e. The van der Waals surface area contributed by atoms with Crippen LogP contribution in [0.15, 0.2) is 17.5 Å². The molecule has 1 N–H and O–H groups in total. The summed E-state index contributed by atoms with van der Waals surface area (Å²) in [4.78, 5) is 13.5. The van der Waals surface area contributed by atoms with Crippen molar-refractivity contribution in [3.8, 4) is 0 Å². The Hall–Kier alpha value is -0.830. The number of hydrogen-bond acceptors (Lipinski definition) is 2. The molecule has 0 aromatic carbocycles. The number of hydrogen-bond donors (Lipinski definition) is 1. The molecule has 0 bridgehead atoms. The van der Waals surface area contributed by atoms with Gasteiger partial charge in [-0.3, -0.25) is 4.79 Å². The molecule has 0 unspecified atom stereocenters. The van der Waals surface area contributed by atoms with E-state index in [1.807, 2.05) is 0 Å². The fraction of sp³-hybridized carbons (Fsp3) is 0.643. The van der Waals surface area contributed by atoms with Gasteiger partial charge in [-0.2, -0.15) is 0 Å². The third-order valence-electron chi connectivity index (χ3n) is 4.29. The molecule has 0 atom stereocenters. The summed E-state index contributed by atoms with van der Waals surface area (Å²) >= 11 is 1.78. The molecular weight excluding hydrogens is 230 g/mol. The molecule has 1 amide bonds. The van der Waals surface area contributed by atoms with Crippen LogP contribution in [0.1, 0.15) is 49.8 Å². The van der Waals surface area contributed by atoms with Crippen LogP contribution >= 0.6 is 11.3 Å². The Labute approximate surface area is 106 Å². The third-order valence-corrected chi connectivity index (χ3v) is 5.36. The highest BCUT2D eigenvalue weighted by atomic mass is 32.1. The topological polar surface area (TPSA) is 29.1 Å². The van der Waals surface area contributed by atoms with Gasteiger partial charge in [0, 0.05) is 10.8 Å². The molecule has 2 aliphatic rings. The van der Waals surface area contributed by atoms with Gasteiger partial charge in [-0.1, -0.05) is 25.3 Å². The number of amides is 1. The summed E-state index contributed by atoms with van der Waals surface area (Å²) in [6.07, 6.45) is 8.12. The minimum atomic E-state index is -0.0269. The zero-order valence-electron chi connectivity index (χ0n) is 10.1. The van der Waals surface area contributed by atoms with Gasteiger partial charge in [0.25, 0.3) is 0 Å². The Kier molecular flexibility index (Phi) is 2.95. The van der Waals surface area contributed by atoms with Crippen molar-refractivity contribution in [2.24, 2.45) is 5.92 Å². The zero-order chi connectivity index (χ0) is 11.7. The summed E-state index contributed by atoms with van der Waals surface area (Å²) in [6, 6.07) is 4.27. The van der Waals surface area contributed by atoms with Gasteiger partial charge >= 0.3 is 0 Å². The lowest BCUT2D eigenvalue weighted by atomic mass is 9.83. The van der Waals surface area contributed by atoms with E-state index in [4.69, 9.17) is 0 Å². The maximum atomic E-state index is 12.2. The fourth-order valence-corrected chi connectivity index (χ4v) is 3.91. The quantitative estimate of drug-likeness (QED) is 0.873. The molecule has 0 spiro atoms. The lowest BCUT2D eigenvalue weighted by molar-refractivity contribution is -0.129. The van der Waals surface area contributed by atoms with Gasteiger partial charge in [0.1, 0.15) is 0 Å². The summed E-state index contributed by atoms with van der Waals surface area (Å²) in [5, 5.41) is 5.48. The van der Waals surface area contributed by atoms with Crippen LogP contribution in [0.2, 0.25) is 0 Å². The number of rotatable bonds is 3. The Morgan fingerprint density at radius 1 is 1.29 bits per heavy atom. The SMILES string of the molecule is O=C(NC1(c2cccs2)CCCC1)C1CCC1. The highest BCUT2D eigenvalue weighted by Crippen LogP contribution is 2.41. The second-order valence-corrected chi connectivity index (χ2v) is 6.33. The predicted octanol–water partition coefficient (Wildman–Crippen LogP) is 3.43. The molecule has 1 aromatic heterocycles. The van der Waals surface area contributed by atoms with Crippen LogP contribution in [0.3, 0.4) is 0 Å². The molecule has 0 aliphatic heterocycles. The van der Waals surface area contributed by atoms with E-state index in [0.717, 1.165) is 25.7 Å². The second-order valence-electron chi connectivity index (χ2n) is 5.38. The number of carbonyl (C=O) groups excluding carboxylic acids is 1. The van der Waals surface area contributed by atoms with Crippen molar-refractivity contribution in [1.82, 2.24) is 5.32 Å². The maximum absolute atomic E-state index is 12.2. The molecule has 92 valence electrons. The van der Waals surface area contributed by atoms with Crippen molar-refractivity contribution in [2.75, 3.05) is 0 Å². The van der Waals surface area contributed by atoms with Crippen molar-refractivity contribution in [3.63, 3.8) is 0 Å². The van der Waals surface area contributed by atoms with Gasteiger partial charge in [0.05, 0.1) is 5.54 Å². The molecular formula is C14H19NOS. The van der Waals surface area contributed by atoms with E-state index < -0.39 is 0 Å². The smallest absolute Gasteiger partial charge is 0.223 e. The summed E-state index contributed by atoms with van der Waals surface area (Å²) in [5.74, 6) is 0.596. The van der Waals surface area contributed by atoms with Gasteiger partial charge in [-0.15, -0.1) is 11.3 Å². The summed E-state index contributed by atoms with van der Waals surface area (Å²) in [6.45, 7) is 0. The first-order valence-corrected chi connectivity index (χ1v) is 7.54. The molecule has 1 heterocycles. The predicted molar refractivity (Wildman–Crippen MR) is 69.9 cm³/mol. The summed E-state index contributed by atoms with van der Waals surface area (Å²) < 4.78 is 0. The molecule has 1 aromatic rings. The average Bonchev–Trinajstić information content (AvgIpc) is 2.82. The second kappa shape index (κ2) is 4.45. The van der Waals surface area contributed by atoms with Crippen molar-refractivity contribution >= 4 is 17.2 Å². The zero-order valence-corrected chi connectivity index (χ0v) is 10.9. The van der Waals surface area contributed by atoms with Crippen molar-refractivity contribution < 1.29 is 4.79 Å². The van der Waals surface area contributed by atoms with Crippen LogP contribution in [-0.4, -0.2) is 5.91 Å². The Balaban J connectivity index is 1.78. The molecule has 2 saturated carbocycles. The van der Waals surface area contributed by atoms with Gasteiger partial charge < -0.3 is 5.32 Å². The van der Waals surface area contributed by atoms with Crippen molar-refractivity contribution in [1.29, 1.82) is 0 Å². The van der Waals surface area contributed by atoms with Crippen LogP contribution in [-0.2, 0) is 10.3 Å². The lowest BCUT2D eigenvalue weighted by Gasteiger charge is -2.33. The van der Waals surface area contributed by atoms with E-state index >= 15 is 0 Å². The highest BCUT2D eigenvalue weighted by Gasteiger charge is 2.39. The third kappa shape index (κ3) is 2.01. The first-order chi connectivity index (χ1) is 8.30. The van der Waals surface area contributed by atoms with Gasteiger partial charge in [0.2, 0.25) is 5.91 Å². The minimum Gasteiger partial charge on any atom is -0.346 e. The van der Waals surface area contributed by atoms with E-state index in [0.29, 0.717) is 11.8 Å². The summed E-state index contributed by atoms with van der Waals surface area (Å²) in [7, 11) is 0. The minimum absolute atomic E-state index is 0.0269. The highest BCUT2D eigenvalue weighted by molar-refractivity contribution is 7.10. The van der Waals surface area contributed by atoms with Crippen LogP contribution < -0.4 is 5.32 Å². The van der Waals surface area contributed by atoms with Crippen LogP contribution in [0.5, 0.6) is 0 Å². The average molecular weight is 249 g/mol. The maximum Gasteiger partial charge on any atom is 0.223 e. The molecule has 3 heteroatoms. The fourth-order valence-electron chi connectivity index (χ4n) is 2.97. The first-order valence-electron chi connectivity index (χ1n) is 6.66. The van der Waals surface area contributed by atoms with Crippen LogP contribution in [0, 0.1) is 5.92 Å². The van der Waals surface area contributed by atoms with E-state index in [-0.39, 0.29) is 5.54 Å². The van der Waals surface area contributed by atoms with Crippen molar-refractivity contribution in [2.45, 2.75) is 50.5 Å². The monoisotopic (exact) mass is 249 g/mol. The van der Waals surface area contributed by atoms with Gasteiger partial charge in [-0.05, 0) is 37.1 Å². The Morgan fingerprint density at radius 2 is 2.06 bits per heavy atom. The standard InChI is InChI=1S/C14H19NOS/c16-13(11-5-3-6-11)15-14(8-1-2-9-14)12-7-4-10-17-12/h4,7,10-11H,1-3,5-6,8-9H2,(H,15,16). The van der Waals surface area contributed by atoms with Crippen molar-refractivity contribution in [3.05, 3.63) is 22.4 Å². The summed E-state index contributed by atoms with van der Waals surface area (Å²) in [5.41, 5.74) is -0.0269. The van der Waals surface area contributed by atoms with Gasteiger partial charge in [-0.25, -0.2) is 0 Å². The molecule has 0 saturated heterocycles. The molecule has 0 radical (unpaired) electrons. The number of carbonyl (C=O) groups is 1. The normalized spacial score (nSPS) is 23.3.